The van der Waals surface area contributed by atoms with Gasteiger partial charge in [-0.3, -0.25) is 0 Å². The van der Waals surface area contributed by atoms with Crippen molar-refractivity contribution >= 4 is 11.8 Å². The molecule has 0 fully saturated rings. The molecule has 0 radical (unpaired) electrons. The summed E-state index contributed by atoms with van der Waals surface area (Å²) in [6.45, 7) is 2.70. The van der Waals surface area contributed by atoms with Gasteiger partial charge >= 0.3 is 5.97 Å². The van der Waals surface area contributed by atoms with Gasteiger partial charge < -0.3 is 10.1 Å². The van der Waals surface area contributed by atoms with E-state index >= 15 is 0 Å². The van der Waals surface area contributed by atoms with E-state index in [0.717, 1.165) is 0 Å². The highest BCUT2D eigenvalue weighted by atomic mass is 16.5. The minimum atomic E-state index is -0.542. The predicted molar refractivity (Wildman–Crippen MR) is 71.9 cm³/mol. The van der Waals surface area contributed by atoms with Crippen LogP contribution in [-0.2, 0) is 11.3 Å². The standard InChI is InChI=1S/C14H15N3O2/c1-10-5-3-4-6-11(10)9-16-12-7-8-15-13(17-12)14(18)19-2/h3-8H,9H2,1-2H3,(H,15,16,17). The number of ether oxygens (including phenoxy) is 1. The third kappa shape index (κ3) is 3.28. The van der Waals surface area contributed by atoms with Gasteiger partial charge in [0.05, 0.1) is 7.11 Å². The van der Waals surface area contributed by atoms with Gasteiger partial charge in [-0.15, -0.1) is 0 Å². The Balaban J connectivity index is 2.08. The first kappa shape index (κ1) is 13.0. The molecule has 2 rings (SSSR count). The number of carbonyl (C=O) groups is 1. The molecule has 0 spiro atoms. The zero-order valence-corrected chi connectivity index (χ0v) is 10.9. The van der Waals surface area contributed by atoms with E-state index in [0.29, 0.717) is 12.4 Å². The average molecular weight is 257 g/mol. The van der Waals surface area contributed by atoms with Crippen molar-refractivity contribution in [3.63, 3.8) is 0 Å². The molecule has 1 aromatic carbocycles. The summed E-state index contributed by atoms with van der Waals surface area (Å²) in [5.74, 6) is 0.107. The van der Waals surface area contributed by atoms with E-state index in [1.54, 1.807) is 6.07 Å². The molecule has 1 aromatic heterocycles. The topological polar surface area (TPSA) is 64.1 Å². The lowest BCUT2D eigenvalue weighted by atomic mass is 10.1. The summed E-state index contributed by atoms with van der Waals surface area (Å²) in [4.78, 5) is 19.3. The first-order valence-corrected chi connectivity index (χ1v) is 5.90. The number of nitrogens with one attached hydrogen (secondary N) is 1. The Labute approximate surface area is 111 Å². The van der Waals surface area contributed by atoms with Crippen molar-refractivity contribution in [1.82, 2.24) is 9.97 Å². The quantitative estimate of drug-likeness (QED) is 0.850. The van der Waals surface area contributed by atoms with Crippen LogP contribution in [0.3, 0.4) is 0 Å². The van der Waals surface area contributed by atoms with Crippen molar-refractivity contribution < 1.29 is 9.53 Å². The SMILES string of the molecule is COC(=O)c1nccc(NCc2ccccc2C)n1. The van der Waals surface area contributed by atoms with Crippen molar-refractivity contribution in [2.75, 3.05) is 12.4 Å². The van der Waals surface area contributed by atoms with E-state index in [1.165, 1.54) is 24.4 Å². The first-order chi connectivity index (χ1) is 9.20. The Bertz CT molecular complexity index is 584. The number of hydrogen-bond acceptors (Lipinski definition) is 5. The lowest BCUT2D eigenvalue weighted by molar-refractivity contribution is 0.0587. The molecule has 1 heterocycles. The number of carbonyl (C=O) groups excluding carboxylic acids is 1. The molecule has 0 aliphatic rings. The van der Waals surface area contributed by atoms with Crippen LogP contribution < -0.4 is 5.32 Å². The van der Waals surface area contributed by atoms with E-state index in [-0.39, 0.29) is 5.82 Å². The molecule has 0 unspecified atom stereocenters. The van der Waals surface area contributed by atoms with Crippen LogP contribution >= 0.6 is 0 Å². The van der Waals surface area contributed by atoms with Gasteiger partial charge in [-0.05, 0) is 24.1 Å². The summed E-state index contributed by atoms with van der Waals surface area (Å²) in [5, 5.41) is 3.16. The Kier molecular flexibility index (Phi) is 4.07. The Morgan fingerprint density at radius 3 is 2.84 bits per heavy atom. The summed E-state index contributed by atoms with van der Waals surface area (Å²) in [6.07, 6.45) is 1.53. The fourth-order valence-electron chi connectivity index (χ4n) is 1.64. The number of anilines is 1. The number of aromatic nitrogens is 2. The van der Waals surface area contributed by atoms with E-state index in [4.69, 9.17) is 0 Å². The van der Waals surface area contributed by atoms with E-state index in [1.807, 2.05) is 18.2 Å². The number of aryl methyl sites for hydroxylation is 1. The van der Waals surface area contributed by atoms with Crippen LogP contribution in [0.1, 0.15) is 21.7 Å². The van der Waals surface area contributed by atoms with Crippen molar-refractivity contribution in [1.29, 1.82) is 0 Å². The minimum Gasteiger partial charge on any atom is -0.463 e. The summed E-state index contributed by atoms with van der Waals surface area (Å²) >= 11 is 0. The van der Waals surface area contributed by atoms with Gasteiger partial charge in [0.15, 0.2) is 0 Å². The smallest absolute Gasteiger partial charge is 0.376 e. The van der Waals surface area contributed by atoms with Crippen molar-refractivity contribution in [3.05, 3.63) is 53.5 Å². The lowest BCUT2D eigenvalue weighted by Crippen LogP contribution is -2.10. The monoisotopic (exact) mass is 257 g/mol. The summed E-state index contributed by atoms with van der Waals surface area (Å²) in [5.41, 5.74) is 2.39. The molecular weight excluding hydrogens is 242 g/mol. The molecule has 5 nitrogen and oxygen atoms in total. The molecule has 0 saturated heterocycles. The van der Waals surface area contributed by atoms with Gasteiger partial charge in [0.25, 0.3) is 0 Å². The summed E-state index contributed by atoms with van der Waals surface area (Å²) in [6, 6.07) is 9.80. The van der Waals surface area contributed by atoms with Gasteiger partial charge in [-0.1, -0.05) is 24.3 Å². The maximum absolute atomic E-state index is 11.3. The van der Waals surface area contributed by atoms with Gasteiger partial charge in [0, 0.05) is 12.7 Å². The van der Waals surface area contributed by atoms with Crippen molar-refractivity contribution in [2.45, 2.75) is 13.5 Å². The molecule has 0 atom stereocenters. The Morgan fingerprint density at radius 1 is 1.32 bits per heavy atom. The highest BCUT2D eigenvalue weighted by Crippen LogP contribution is 2.10. The van der Waals surface area contributed by atoms with Crippen LogP contribution in [0.4, 0.5) is 5.82 Å². The highest BCUT2D eigenvalue weighted by molar-refractivity contribution is 5.85. The number of methoxy groups -OCH3 is 1. The van der Waals surface area contributed by atoms with Crippen LogP contribution in [0.5, 0.6) is 0 Å². The van der Waals surface area contributed by atoms with Crippen LogP contribution in [0.25, 0.3) is 0 Å². The van der Waals surface area contributed by atoms with Crippen LogP contribution in [0, 0.1) is 6.92 Å². The first-order valence-electron chi connectivity index (χ1n) is 5.90. The molecule has 5 heteroatoms. The molecule has 0 amide bonds. The normalized spacial score (nSPS) is 10.0. The highest BCUT2D eigenvalue weighted by Gasteiger charge is 2.09. The molecule has 0 aliphatic carbocycles. The van der Waals surface area contributed by atoms with Gasteiger partial charge in [0.1, 0.15) is 5.82 Å². The molecule has 98 valence electrons. The largest absolute Gasteiger partial charge is 0.463 e. The Morgan fingerprint density at radius 2 is 2.11 bits per heavy atom. The fourth-order valence-corrected chi connectivity index (χ4v) is 1.64. The Hall–Kier alpha value is -2.43. The molecule has 2 aromatic rings. The second-order valence-corrected chi connectivity index (χ2v) is 4.04. The van der Waals surface area contributed by atoms with Crippen LogP contribution in [0.15, 0.2) is 36.5 Å². The number of esters is 1. The zero-order valence-electron chi connectivity index (χ0n) is 10.9. The lowest BCUT2D eigenvalue weighted by Gasteiger charge is -2.08. The maximum atomic E-state index is 11.3. The molecular formula is C14H15N3O2. The molecule has 0 saturated carbocycles. The summed E-state index contributed by atoms with van der Waals surface area (Å²) < 4.78 is 4.58. The van der Waals surface area contributed by atoms with Crippen LogP contribution in [0.2, 0.25) is 0 Å². The summed E-state index contributed by atoms with van der Waals surface area (Å²) in [7, 11) is 1.30. The third-order valence-electron chi connectivity index (χ3n) is 2.74. The minimum absolute atomic E-state index is 0.0530. The molecule has 0 aliphatic heterocycles. The zero-order chi connectivity index (χ0) is 13.7. The number of nitrogens with zero attached hydrogens (tertiary/aromatic N) is 2. The predicted octanol–water partition coefficient (Wildman–Crippen LogP) is 2.18. The number of rotatable bonds is 4. The maximum Gasteiger partial charge on any atom is 0.376 e. The average Bonchev–Trinajstić information content (AvgIpc) is 2.46. The van der Waals surface area contributed by atoms with Crippen molar-refractivity contribution in [3.8, 4) is 0 Å². The fraction of sp³-hybridized carbons (Fsp3) is 0.214. The third-order valence-corrected chi connectivity index (χ3v) is 2.74. The van der Waals surface area contributed by atoms with Crippen LogP contribution in [-0.4, -0.2) is 23.0 Å². The molecule has 19 heavy (non-hydrogen) atoms. The second kappa shape index (κ2) is 5.95. The van der Waals surface area contributed by atoms with Crippen molar-refractivity contribution in [2.24, 2.45) is 0 Å². The van der Waals surface area contributed by atoms with Gasteiger partial charge in [-0.2, -0.15) is 0 Å². The molecule has 1 N–H and O–H groups in total. The van der Waals surface area contributed by atoms with E-state index in [9.17, 15) is 4.79 Å². The second-order valence-electron chi connectivity index (χ2n) is 4.04. The van der Waals surface area contributed by atoms with Gasteiger partial charge in [0.2, 0.25) is 5.82 Å². The van der Waals surface area contributed by atoms with E-state index in [2.05, 4.69) is 33.0 Å². The molecule has 0 bridgehead atoms. The number of hydrogen-bond donors (Lipinski definition) is 1. The van der Waals surface area contributed by atoms with Gasteiger partial charge in [-0.25, -0.2) is 14.8 Å². The number of benzene rings is 1. The van der Waals surface area contributed by atoms with E-state index < -0.39 is 5.97 Å².